The summed E-state index contributed by atoms with van der Waals surface area (Å²) in [5, 5.41) is 10.1. The first kappa shape index (κ1) is 32.6. The first-order valence-corrected chi connectivity index (χ1v) is 13.1. The summed E-state index contributed by atoms with van der Waals surface area (Å²) < 4.78 is 112. The molecule has 1 atom stereocenters. The number of nitrogens with one attached hydrogen (secondary N) is 1. The lowest BCUT2D eigenvalue weighted by Crippen LogP contribution is -2.39. The minimum Gasteiger partial charge on any atom is -0.475 e. The number of aliphatic carboxylic acids is 1. The summed E-state index contributed by atoms with van der Waals surface area (Å²) in [7, 11) is 0. The zero-order valence-electron chi connectivity index (χ0n) is 22.6. The van der Waals surface area contributed by atoms with Crippen LogP contribution in [0.3, 0.4) is 0 Å². The van der Waals surface area contributed by atoms with Crippen molar-refractivity contribution < 1.29 is 49.4 Å². The van der Waals surface area contributed by atoms with Gasteiger partial charge in [0.25, 0.3) is 0 Å². The number of nitrogens with two attached hydrogens (primary N) is 1. The number of pyridine rings is 1. The van der Waals surface area contributed by atoms with E-state index in [0.29, 0.717) is 47.9 Å². The molecule has 44 heavy (non-hydrogen) atoms. The number of hydrogen-bond acceptors (Lipinski definition) is 7. The van der Waals surface area contributed by atoms with Crippen LogP contribution in [0.4, 0.5) is 62.8 Å². The van der Waals surface area contributed by atoms with Crippen molar-refractivity contribution in [2.24, 2.45) is 5.92 Å². The standard InChI is InChI=1S/C25H24F6N6.C2HF3O2/c26-24(27,28)15-5-7-16(8-6-15)34-21-18-9-11-37(22-19(25(29,30)31)2-1-10-33-22)17(12-14-3-4-14)13-20(18)35-23(32)36-21;3-2(4,5)1(6)7/h1-2,5-8,10,14,17H,3-4,9,11-13H2,(H3,32,34,35,36);(H,6,7). The average Bonchev–Trinajstić information content (AvgIpc) is 3.75. The lowest BCUT2D eigenvalue weighted by Gasteiger charge is -2.33. The first-order valence-electron chi connectivity index (χ1n) is 13.1. The van der Waals surface area contributed by atoms with Gasteiger partial charge in [-0.25, -0.2) is 14.8 Å². The van der Waals surface area contributed by atoms with Gasteiger partial charge in [0, 0.05) is 36.5 Å². The van der Waals surface area contributed by atoms with Crippen LogP contribution in [0.5, 0.6) is 0 Å². The second-order valence-electron chi connectivity index (χ2n) is 10.2. The van der Waals surface area contributed by atoms with E-state index in [9.17, 15) is 39.5 Å². The maximum Gasteiger partial charge on any atom is 0.490 e. The van der Waals surface area contributed by atoms with E-state index in [2.05, 4.69) is 20.3 Å². The van der Waals surface area contributed by atoms with E-state index in [1.54, 1.807) is 4.90 Å². The third-order valence-electron chi connectivity index (χ3n) is 6.97. The van der Waals surface area contributed by atoms with Gasteiger partial charge in [0.2, 0.25) is 5.95 Å². The van der Waals surface area contributed by atoms with Crippen LogP contribution in [0.1, 0.15) is 41.6 Å². The molecule has 0 spiro atoms. The summed E-state index contributed by atoms with van der Waals surface area (Å²) in [6, 6.07) is 6.51. The number of rotatable bonds is 5. The van der Waals surface area contributed by atoms with Crippen LogP contribution in [0.25, 0.3) is 0 Å². The van der Waals surface area contributed by atoms with Gasteiger partial charge in [0.05, 0.1) is 16.8 Å². The van der Waals surface area contributed by atoms with Gasteiger partial charge >= 0.3 is 24.5 Å². The van der Waals surface area contributed by atoms with Gasteiger partial charge in [0.1, 0.15) is 11.6 Å². The molecule has 4 N–H and O–H groups in total. The Kier molecular flexibility index (Phi) is 9.16. The molecular weight excluding hydrogens is 611 g/mol. The van der Waals surface area contributed by atoms with E-state index in [0.717, 1.165) is 31.0 Å². The molecule has 3 aromatic rings. The molecule has 3 heterocycles. The number of nitrogens with zero attached hydrogens (tertiary/aromatic N) is 4. The Bertz CT molecular complexity index is 1470. The zero-order chi connectivity index (χ0) is 32.4. The van der Waals surface area contributed by atoms with Crippen molar-refractivity contribution in [1.82, 2.24) is 15.0 Å². The number of benzene rings is 1. The summed E-state index contributed by atoms with van der Waals surface area (Å²) in [4.78, 5) is 23.4. The van der Waals surface area contributed by atoms with E-state index in [1.165, 1.54) is 24.4 Å². The lowest BCUT2D eigenvalue weighted by atomic mass is 10.0. The molecule has 1 aromatic carbocycles. The van der Waals surface area contributed by atoms with Gasteiger partial charge in [-0.15, -0.1) is 0 Å². The van der Waals surface area contributed by atoms with Crippen molar-refractivity contribution in [2.75, 3.05) is 22.5 Å². The number of nitrogen functional groups attached to an aromatic ring is 1. The van der Waals surface area contributed by atoms with Crippen LogP contribution in [0, 0.1) is 5.92 Å². The molecular formula is C27H25F9N6O2. The SMILES string of the molecule is Nc1nc2c(c(Nc3ccc(C(F)(F)F)cc3)n1)CCN(c1ncccc1C(F)(F)F)C(CC1CC1)C2.O=C(O)C(F)(F)F. The molecule has 0 bridgehead atoms. The summed E-state index contributed by atoms with van der Waals surface area (Å²) in [5.74, 6) is -2.15. The van der Waals surface area contributed by atoms with E-state index >= 15 is 0 Å². The highest BCUT2D eigenvalue weighted by atomic mass is 19.4. The number of aromatic nitrogens is 3. The van der Waals surface area contributed by atoms with Crippen molar-refractivity contribution in [3.05, 3.63) is 65.0 Å². The predicted molar refractivity (Wildman–Crippen MR) is 140 cm³/mol. The number of carbonyl (C=O) groups is 1. The largest absolute Gasteiger partial charge is 0.490 e. The fourth-order valence-electron chi connectivity index (χ4n) is 4.79. The van der Waals surface area contributed by atoms with Crippen molar-refractivity contribution in [1.29, 1.82) is 0 Å². The maximum atomic E-state index is 13.8. The fraction of sp³-hybridized carbons (Fsp3) is 0.407. The Balaban J connectivity index is 0.000000566. The van der Waals surface area contributed by atoms with Gasteiger partial charge in [-0.3, -0.25) is 0 Å². The van der Waals surface area contributed by atoms with Gasteiger partial charge in [-0.05, 0) is 55.2 Å². The number of halogens is 9. The summed E-state index contributed by atoms with van der Waals surface area (Å²) in [6.45, 7) is 0.236. The van der Waals surface area contributed by atoms with Crippen molar-refractivity contribution in [2.45, 2.75) is 56.7 Å². The molecule has 5 rings (SSSR count). The summed E-state index contributed by atoms with van der Waals surface area (Å²) >= 11 is 0. The van der Waals surface area contributed by atoms with Crippen molar-refractivity contribution in [3.63, 3.8) is 0 Å². The number of hydrogen-bond donors (Lipinski definition) is 3. The molecule has 1 aliphatic heterocycles. The van der Waals surface area contributed by atoms with Crippen molar-refractivity contribution >= 4 is 29.2 Å². The molecule has 1 aliphatic carbocycles. The topological polar surface area (TPSA) is 117 Å². The van der Waals surface area contributed by atoms with E-state index in [4.69, 9.17) is 15.6 Å². The Hall–Kier alpha value is -4.31. The smallest absolute Gasteiger partial charge is 0.475 e. The molecule has 2 aliphatic rings. The highest BCUT2D eigenvalue weighted by Crippen LogP contribution is 2.41. The van der Waals surface area contributed by atoms with Crippen LogP contribution >= 0.6 is 0 Å². The highest BCUT2D eigenvalue weighted by Gasteiger charge is 2.40. The number of carboxylic acid groups (broad SMARTS) is 1. The van der Waals surface area contributed by atoms with Gasteiger partial charge in [-0.1, -0.05) is 12.8 Å². The van der Waals surface area contributed by atoms with E-state index in [1.807, 2.05) is 0 Å². The molecule has 8 nitrogen and oxygen atoms in total. The predicted octanol–water partition coefficient (Wildman–Crippen LogP) is 6.64. The Morgan fingerprint density at radius 3 is 2.16 bits per heavy atom. The molecule has 1 saturated carbocycles. The fourth-order valence-corrected chi connectivity index (χ4v) is 4.79. The highest BCUT2D eigenvalue weighted by molar-refractivity contribution is 5.73. The van der Waals surface area contributed by atoms with Gasteiger partial charge in [0.15, 0.2) is 0 Å². The Morgan fingerprint density at radius 1 is 0.977 bits per heavy atom. The minimum atomic E-state index is -5.08. The first-order chi connectivity index (χ1) is 20.4. The van der Waals surface area contributed by atoms with Crippen molar-refractivity contribution in [3.8, 4) is 0 Å². The lowest BCUT2D eigenvalue weighted by molar-refractivity contribution is -0.192. The van der Waals surface area contributed by atoms with Crippen LogP contribution in [0.15, 0.2) is 42.6 Å². The monoisotopic (exact) mass is 636 g/mol. The third-order valence-corrected chi connectivity index (χ3v) is 6.97. The van der Waals surface area contributed by atoms with Gasteiger partial charge < -0.3 is 21.1 Å². The van der Waals surface area contributed by atoms with Crippen LogP contribution in [0.2, 0.25) is 0 Å². The zero-order valence-corrected chi connectivity index (χ0v) is 22.6. The molecule has 0 radical (unpaired) electrons. The average molecular weight is 637 g/mol. The molecule has 238 valence electrons. The third kappa shape index (κ3) is 8.19. The Morgan fingerprint density at radius 2 is 1.61 bits per heavy atom. The normalized spacial score (nSPS) is 17.2. The molecule has 2 aromatic heterocycles. The quantitative estimate of drug-likeness (QED) is 0.267. The van der Waals surface area contributed by atoms with Crippen LogP contribution in [-0.4, -0.2) is 44.8 Å². The Labute approximate surface area is 244 Å². The molecule has 17 heteroatoms. The number of anilines is 4. The number of alkyl halides is 9. The maximum absolute atomic E-state index is 13.8. The molecule has 0 saturated heterocycles. The number of carboxylic acids is 1. The summed E-state index contributed by atoms with van der Waals surface area (Å²) in [5.41, 5.74) is 6.04. The molecule has 1 fully saturated rings. The van der Waals surface area contributed by atoms with E-state index < -0.39 is 35.6 Å². The minimum absolute atomic E-state index is 0.0272. The van der Waals surface area contributed by atoms with Crippen LogP contribution in [-0.2, 0) is 30.0 Å². The second-order valence-corrected chi connectivity index (χ2v) is 10.2. The number of fused-ring (bicyclic) bond motifs is 1. The van der Waals surface area contributed by atoms with Crippen LogP contribution < -0.4 is 16.0 Å². The second kappa shape index (κ2) is 12.4. The molecule has 0 amide bonds. The van der Waals surface area contributed by atoms with Gasteiger partial charge in [-0.2, -0.15) is 44.5 Å². The van der Waals surface area contributed by atoms with E-state index in [-0.39, 0.29) is 24.4 Å². The summed E-state index contributed by atoms with van der Waals surface area (Å²) in [6.07, 6.45) is -9.37. The molecule has 1 unspecified atom stereocenters.